The number of sulfone groups is 1. The molecular weight excluding hydrogens is 440 g/mol. The van der Waals surface area contributed by atoms with E-state index in [2.05, 4.69) is 5.32 Å². The van der Waals surface area contributed by atoms with Crippen molar-refractivity contribution >= 4 is 37.2 Å². The lowest BCUT2D eigenvalue weighted by Crippen LogP contribution is -2.41. The van der Waals surface area contributed by atoms with Crippen LogP contribution in [0.3, 0.4) is 0 Å². The van der Waals surface area contributed by atoms with E-state index in [-0.39, 0.29) is 40.5 Å². The highest BCUT2D eigenvalue weighted by Crippen LogP contribution is 2.26. The van der Waals surface area contributed by atoms with Crippen LogP contribution in [0, 0.1) is 5.92 Å². The number of piperidine rings is 1. The van der Waals surface area contributed by atoms with Gasteiger partial charge in [-0.1, -0.05) is 18.2 Å². The molecule has 3 rings (SSSR count). The van der Waals surface area contributed by atoms with E-state index in [1.807, 2.05) is 0 Å². The fourth-order valence-electron chi connectivity index (χ4n) is 3.43. The zero-order chi connectivity index (χ0) is 22.8. The standard InChI is InChI=1S/C21H24N2O6S2/c1-15(24)17-5-3-6-18(13-17)22-21(25)16-9-11-23(12-10-16)31(28,29)20-8-4-7-19(14-20)30(2,26)27/h3-8,13-14,16H,9-12H2,1-2H3,(H,22,25). The van der Waals surface area contributed by atoms with Gasteiger partial charge in [-0.15, -0.1) is 0 Å². The van der Waals surface area contributed by atoms with Crippen LogP contribution in [-0.2, 0) is 24.7 Å². The smallest absolute Gasteiger partial charge is 0.243 e. The Morgan fingerprint density at radius 2 is 1.55 bits per heavy atom. The van der Waals surface area contributed by atoms with Gasteiger partial charge in [0.1, 0.15) is 0 Å². The van der Waals surface area contributed by atoms with Crippen LogP contribution in [-0.4, -0.2) is 52.2 Å². The Labute approximate surface area is 182 Å². The molecule has 0 unspecified atom stereocenters. The Bertz CT molecular complexity index is 1210. The molecule has 1 saturated heterocycles. The largest absolute Gasteiger partial charge is 0.326 e. The Morgan fingerprint density at radius 3 is 2.16 bits per heavy atom. The zero-order valence-electron chi connectivity index (χ0n) is 17.2. The highest BCUT2D eigenvalue weighted by molar-refractivity contribution is 7.91. The van der Waals surface area contributed by atoms with Crippen molar-refractivity contribution in [2.75, 3.05) is 24.7 Å². The topological polar surface area (TPSA) is 118 Å². The van der Waals surface area contributed by atoms with Gasteiger partial charge in [0, 0.05) is 36.5 Å². The van der Waals surface area contributed by atoms with E-state index in [0.717, 1.165) is 12.3 Å². The molecule has 1 aliphatic heterocycles. The molecule has 1 fully saturated rings. The maximum Gasteiger partial charge on any atom is 0.243 e. The third kappa shape index (κ3) is 5.38. The zero-order valence-corrected chi connectivity index (χ0v) is 18.9. The lowest BCUT2D eigenvalue weighted by atomic mass is 9.97. The first-order valence-electron chi connectivity index (χ1n) is 9.70. The van der Waals surface area contributed by atoms with Gasteiger partial charge in [0.05, 0.1) is 9.79 Å². The Morgan fingerprint density at radius 1 is 0.935 bits per heavy atom. The number of anilines is 1. The van der Waals surface area contributed by atoms with Crippen molar-refractivity contribution in [2.24, 2.45) is 5.92 Å². The number of Topliss-reactive ketones (excluding diaryl/α,β-unsaturated/α-hetero) is 1. The number of nitrogens with one attached hydrogen (secondary N) is 1. The molecule has 2 aromatic carbocycles. The predicted molar refractivity (Wildman–Crippen MR) is 116 cm³/mol. The molecule has 0 spiro atoms. The minimum atomic E-state index is -3.87. The molecule has 10 heteroatoms. The van der Waals surface area contributed by atoms with E-state index < -0.39 is 19.9 Å². The van der Waals surface area contributed by atoms with Gasteiger partial charge < -0.3 is 5.32 Å². The average molecular weight is 465 g/mol. The molecule has 1 heterocycles. The van der Waals surface area contributed by atoms with Gasteiger partial charge in [0.2, 0.25) is 15.9 Å². The van der Waals surface area contributed by atoms with Crippen molar-refractivity contribution in [3.05, 3.63) is 54.1 Å². The fraction of sp³-hybridized carbons (Fsp3) is 0.333. The normalized spacial score (nSPS) is 16.1. The van der Waals surface area contributed by atoms with Crippen molar-refractivity contribution in [2.45, 2.75) is 29.6 Å². The number of benzene rings is 2. The molecule has 0 saturated carbocycles. The molecule has 8 nitrogen and oxygen atoms in total. The summed E-state index contributed by atoms with van der Waals surface area (Å²) in [5.41, 5.74) is 1.01. The summed E-state index contributed by atoms with van der Waals surface area (Å²) in [6.45, 7) is 1.75. The van der Waals surface area contributed by atoms with Crippen LogP contribution in [0.4, 0.5) is 5.69 Å². The molecule has 0 aromatic heterocycles. The number of sulfonamides is 1. The van der Waals surface area contributed by atoms with Crippen LogP contribution >= 0.6 is 0 Å². The molecule has 166 valence electrons. The number of ketones is 1. The van der Waals surface area contributed by atoms with Gasteiger partial charge in [-0.3, -0.25) is 9.59 Å². The van der Waals surface area contributed by atoms with Crippen LogP contribution in [0.1, 0.15) is 30.1 Å². The number of rotatable bonds is 6. The summed E-state index contributed by atoms with van der Waals surface area (Å²) in [5.74, 6) is -0.693. The van der Waals surface area contributed by atoms with E-state index in [1.165, 1.54) is 29.4 Å². The van der Waals surface area contributed by atoms with E-state index in [0.29, 0.717) is 24.1 Å². The third-order valence-electron chi connectivity index (χ3n) is 5.23. The third-order valence-corrected chi connectivity index (χ3v) is 8.24. The van der Waals surface area contributed by atoms with Crippen molar-refractivity contribution in [3.63, 3.8) is 0 Å². The van der Waals surface area contributed by atoms with Gasteiger partial charge in [-0.2, -0.15) is 4.31 Å². The van der Waals surface area contributed by atoms with Crippen LogP contribution in [0.25, 0.3) is 0 Å². The van der Waals surface area contributed by atoms with Crippen molar-refractivity contribution in [1.82, 2.24) is 4.31 Å². The number of carbonyl (C=O) groups excluding carboxylic acids is 2. The summed E-state index contributed by atoms with van der Waals surface area (Å²) in [7, 11) is -7.40. The second kappa shape index (κ2) is 8.89. The van der Waals surface area contributed by atoms with E-state index >= 15 is 0 Å². The van der Waals surface area contributed by atoms with Crippen molar-refractivity contribution < 1.29 is 26.4 Å². The number of hydrogen-bond acceptors (Lipinski definition) is 6. The Kier molecular flexibility index (Phi) is 6.63. The van der Waals surface area contributed by atoms with Gasteiger partial charge in [-0.05, 0) is 50.1 Å². The fourth-order valence-corrected chi connectivity index (χ4v) is 5.69. The second-order valence-electron chi connectivity index (χ2n) is 7.55. The number of nitrogens with zero attached hydrogens (tertiary/aromatic N) is 1. The highest BCUT2D eigenvalue weighted by atomic mass is 32.2. The van der Waals surface area contributed by atoms with Crippen LogP contribution < -0.4 is 5.32 Å². The van der Waals surface area contributed by atoms with Gasteiger partial charge in [0.15, 0.2) is 15.6 Å². The van der Waals surface area contributed by atoms with Gasteiger partial charge in [0.25, 0.3) is 0 Å². The first-order chi connectivity index (χ1) is 14.5. The van der Waals surface area contributed by atoms with Crippen molar-refractivity contribution in [1.29, 1.82) is 0 Å². The van der Waals surface area contributed by atoms with Gasteiger partial charge >= 0.3 is 0 Å². The van der Waals surface area contributed by atoms with Crippen LogP contribution in [0.15, 0.2) is 58.3 Å². The first-order valence-corrected chi connectivity index (χ1v) is 13.0. The molecule has 1 aliphatic rings. The molecule has 0 atom stereocenters. The summed E-state index contributed by atoms with van der Waals surface area (Å²) in [6.07, 6.45) is 1.70. The number of carbonyl (C=O) groups is 2. The SMILES string of the molecule is CC(=O)c1cccc(NC(=O)C2CCN(S(=O)(=O)c3cccc(S(C)(=O)=O)c3)CC2)c1. The second-order valence-corrected chi connectivity index (χ2v) is 11.5. The Hall–Kier alpha value is -2.56. The van der Waals surface area contributed by atoms with E-state index in [1.54, 1.807) is 24.3 Å². The quantitative estimate of drug-likeness (QED) is 0.656. The number of hydrogen-bond donors (Lipinski definition) is 1. The highest BCUT2D eigenvalue weighted by Gasteiger charge is 2.32. The summed E-state index contributed by atoms with van der Waals surface area (Å²) in [6, 6.07) is 11.9. The molecule has 0 radical (unpaired) electrons. The van der Waals surface area contributed by atoms with E-state index in [9.17, 15) is 26.4 Å². The van der Waals surface area contributed by atoms with Crippen LogP contribution in [0.5, 0.6) is 0 Å². The monoisotopic (exact) mass is 464 g/mol. The maximum atomic E-state index is 12.9. The summed E-state index contributed by atoms with van der Waals surface area (Å²) >= 11 is 0. The lowest BCUT2D eigenvalue weighted by molar-refractivity contribution is -0.120. The molecule has 2 aromatic rings. The Balaban J connectivity index is 1.67. The minimum absolute atomic E-state index is 0.0596. The summed E-state index contributed by atoms with van der Waals surface area (Å²) < 4.78 is 50.6. The molecule has 31 heavy (non-hydrogen) atoms. The summed E-state index contributed by atoms with van der Waals surface area (Å²) in [5, 5.41) is 2.79. The molecular formula is C21H24N2O6S2. The summed E-state index contributed by atoms with van der Waals surface area (Å²) in [4.78, 5) is 24.0. The first kappa shape index (κ1) is 23.1. The predicted octanol–water partition coefficient (Wildman–Crippen LogP) is 2.33. The van der Waals surface area contributed by atoms with Crippen molar-refractivity contribution in [3.8, 4) is 0 Å². The van der Waals surface area contributed by atoms with Crippen LogP contribution in [0.2, 0.25) is 0 Å². The average Bonchev–Trinajstić information content (AvgIpc) is 2.73. The molecule has 1 N–H and O–H groups in total. The minimum Gasteiger partial charge on any atom is -0.326 e. The molecule has 0 aliphatic carbocycles. The van der Waals surface area contributed by atoms with E-state index in [4.69, 9.17) is 0 Å². The maximum absolute atomic E-state index is 12.9. The van der Waals surface area contributed by atoms with Gasteiger partial charge in [-0.25, -0.2) is 16.8 Å². The lowest BCUT2D eigenvalue weighted by Gasteiger charge is -2.30. The number of amides is 1. The molecule has 1 amide bonds. The molecule has 0 bridgehead atoms.